The number of benzene rings is 1. The Balaban J connectivity index is 1.78. The molecule has 1 aliphatic heterocycles. The van der Waals surface area contributed by atoms with Crippen molar-refractivity contribution in [1.29, 1.82) is 0 Å². The zero-order chi connectivity index (χ0) is 18.2. The van der Waals surface area contributed by atoms with E-state index in [9.17, 15) is 13.2 Å². The molecule has 0 bridgehead atoms. The van der Waals surface area contributed by atoms with Crippen molar-refractivity contribution in [2.24, 2.45) is 0 Å². The molecule has 134 valence electrons. The van der Waals surface area contributed by atoms with Crippen molar-refractivity contribution < 1.29 is 13.2 Å². The number of hydrogen-bond donors (Lipinski definition) is 1. The minimum atomic E-state index is -3.01. The summed E-state index contributed by atoms with van der Waals surface area (Å²) in [7, 11) is -3.01. The van der Waals surface area contributed by atoms with Crippen molar-refractivity contribution in [3.63, 3.8) is 0 Å². The van der Waals surface area contributed by atoms with Gasteiger partial charge in [-0.15, -0.1) is 0 Å². The lowest BCUT2D eigenvalue weighted by Gasteiger charge is -2.11. The number of aryl methyl sites for hydroxylation is 1. The lowest BCUT2D eigenvalue weighted by atomic mass is 10.1. The summed E-state index contributed by atoms with van der Waals surface area (Å²) >= 11 is 6.11. The highest BCUT2D eigenvalue weighted by Gasteiger charge is 2.32. The summed E-state index contributed by atoms with van der Waals surface area (Å²) in [6.45, 7) is 3.88. The van der Waals surface area contributed by atoms with E-state index in [1.807, 2.05) is 18.2 Å². The standard InChI is InChI=1S/C17H20ClN3O3S/c1-11-16(17(22)19-9-13-5-3-4-6-15(13)18)12(2)21(20-11)14-7-8-25(23,24)10-14/h3-6,14H,7-10H2,1-2H3,(H,19,22)/t14-/m1/s1. The normalized spacial score (nSPS) is 19.1. The molecule has 1 atom stereocenters. The van der Waals surface area contributed by atoms with E-state index in [0.717, 1.165) is 5.56 Å². The Hall–Kier alpha value is -1.86. The highest BCUT2D eigenvalue weighted by Crippen LogP contribution is 2.26. The van der Waals surface area contributed by atoms with Gasteiger partial charge in [-0.25, -0.2) is 8.42 Å². The molecule has 25 heavy (non-hydrogen) atoms. The van der Waals surface area contributed by atoms with Gasteiger partial charge in [-0.1, -0.05) is 29.8 Å². The van der Waals surface area contributed by atoms with Crippen LogP contribution in [0.25, 0.3) is 0 Å². The number of sulfone groups is 1. The maximum absolute atomic E-state index is 12.6. The van der Waals surface area contributed by atoms with Crippen molar-refractivity contribution in [2.75, 3.05) is 11.5 Å². The topological polar surface area (TPSA) is 81.1 Å². The van der Waals surface area contributed by atoms with Crippen LogP contribution < -0.4 is 5.32 Å². The van der Waals surface area contributed by atoms with E-state index in [0.29, 0.717) is 34.9 Å². The van der Waals surface area contributed by atoms with Crippen LogP contribution in [-0.4, -0.2) is 35.6 Å². The summed E-state index contributed by atoms with van der Waals surface area (Å²) in [5.41, 5.74) is 2.62. The third-order valence-electron chi connectivity index (χ3n) is 4.50. The summed E-state index contributed by atoms with van der Waals surface area (Å²) in [6.07, 6.45) is 0.533. The predicted octanol–water partition coefficient (Wildman–Crippen LogP) is 2.44. The van der Waals surface area contributed by atoms with Gasteiger partial charge in [0.2, 0.25) is 0 Å². The van der Waals surface area contributed by atoms with Crippen LogP contribution in [0, 0.1) is 13.8 Å². The number of halogens is 1. The van der Waals surface area contributed by atoms with Crippen LogP contribution in [0.2, 0.25) is 5.02 Å². The average Bonchev–Trinajstić information content (AvgIpc) is 3.05. The number of hydrogen-bond acceptors (Lipinski definition) is 4. The third kappa shape index (κ3) is 3.72. The largest absolute Gasteiger partial charge is 0.348 e. The summed E-state index contributed by atoms with van der Waals surface area (Å²) < 4.78 is 25.1. The van der Waals surface area contributed by atoms with Gasteiger partial charge in [0, 0.05) is 17.3 Å². The molecule has 0 spiro atoms. The van der Waals surface area contributed by atoms with Crippen molar-refractivity contribution in [2.45, 2.75) is 32.9 Å². The number of nitrogens with zero attached hydrogens (tertiary/aromatic N) is 2. The molecule has 1 aromatic carbocycles. The second-order valence-electron chi connectivity index (χ2n) is 6.32. The Morgan fingerprint density at radius 3 is 2.72 bits per heavy atom. The second kappa shape index (κ2) is 6.80. The van der Waals surface area contributed by atoms with Crippen molar-refractivity contribution in [3.05, 3.63) is 51.8 Å². The minimum absolute atomic E-state index is 0.0790. The number of carbonyl (C=O) groups excluding carboxylic acids is 1. The molecule has 2 heterocycles. The molecule has 1 aliphatic rings. The fourth-order valence-electron chi connectivity index (χ4n) is 3.22. The van der Waals surface area contributed by atoms with Gasteiger partial charge in [0.25, 0.3) is 5.91 Å². The maximum Gasteiger partial charge on any atom is 0.255 e. The molecule has 8 heteroatoms. The molecule has 1 saturated heterocycles. The van der Waals surface area contributed by atoms with Crippen molar-refractivity contribution in [3.8, 4) is 0 Å². The number of aromatic nitrogens is 2. The predicted molar refractivity (Wildman–Crippen MR) is 96.6 cm³/mol. The lowest BCUT2D eigenvalue weighted by molar-refractivity contribution is 0.0949. The maximum atomic E-state index is 12.6. The molecule has 1 aromatic heterocycles. The smallest absolute Gasteiger partial charge is 0.255 e. The first kappa shape index (κ1) is 17.9. The Labute approximate surface area is 152 Å². The Morgan fingerprint density at radius 1 is 1.36 bits per heavy atom. The van der Waals surface area contributed by atoms with Crippen LogP contribution in [0.4, 0.5) is 0 Å². The summed E-state index contributed by atoms with van der Waals surface area (Å²) in [4.78, 5) is 12.6. The molecular formula is C17H20ClN3O3S. The van der Waals surface area contributed by atoms with Crippen LogP contribution in [0.5, 0.6) is 0 Å². The molecule has 1 N–H and O–H groups in total. The van der Waals surface area contributed by atoms with Crippen molar-refractivity contribution in [1.82, 2.24) is 15.1 Å². The van der Waals surface area contributed by atoms with Gasteiger partial charge in [0.1, 0.15) is 0 Å². The number of amides is 1. The van der Waals surface area contributed by atoms with E-state index >= 15 is 0 Å². The molecule has 2 aromatic rings. The van der Waals surface area contributed by atoms with Gasteiger partial charge in [0.15, 0.2) is 9.84 Å². The van der Waals surface area contributed by atoms with Crippen LogP contribution in [0.15, 0.2) is 24.3 Å². The summed E-state index contributed by atoms with van der Waals surface area (Å²) in [5, 5.41) is 7.88. The fraction of sp³-hybridized carbons (Fsp3) is 0.412. The summed E-state index contributed by atoms with van der Waals surface area (Å²) in [6, 6.07) is 7.13. The first-order chi connectivity index (χ1) is 11.8. The van der Waals surface area contributed by atoms with E-state index in [1.165, 1.54) is 0 Å². The van der Waals surface area contributed by atoms with Gasteiger partial charge in [0.05, 0.1) is 28.8 Å². The zero-order valence-electron chi connectivity index (χ0n) is 14.1. The Kier molecular flexibility index (Phi) is 4.88. The van der Waals surface area contributed by atoms with E-state index in [2.05, 4.69) is 10.4 Å². The SMILES string of the molecule is Cc1nn([C@@H]2CCS(=O)(=O)C2)c(C)c1C(=O)NCc1ccccc1Cl. The Bertz CT molecular complexity index is 921. The molecule has 0 unspecified atom stereocenters. The minimum Gasteiger partial charge on any atom is -0.348 e. The third-order valence-corrected chi connectivity index (χ3v) is 6.62. The van der Waals surface area contributed by atoms with Crippen LogP contribution in [-0.2, 0) is 16.4 Å². The van der Waals surface area contributed by atoms with Crippen LogP contribution >= 0.6 is 11.6 Å². The average molecular weight is 382 g/mol. The Morgan fingerprint density at radius 2 is 2.08 bits per heavy atom. The number of carbonyl (C=O) groups is 1. The molecular weight excluding hydrogens is 362 g/mol. The highest BCUT2D eigenvalue weighted by molar-refractivity contribution is 7.91. The van der Waals surface area contributed by atoms with Gasteiger partial charge in [-0.3, -0.25) is 9.48 Å². The van der Waals surface area contributed by atoms with Crippen LogP contribution in [0.1, 0.15) is 39.8 Å². The first-order valence-corrected chi connectivity index (χ1v) is 10.3. The van der Waals surface area contributed by atoms with Gasteiger partial charge in [-0.05, 0) is 31.9 Å². The second-order valence-corrected chi connectivity index (χ2v) is 8.96. The molecule has 6 nitrogen and oxygen atoms in total. The fourth-order valence-corrected chi connectivity index (χ4v) is 5.12. The molecule has 0 aliphatic carbocycles. The molecule has 1 fully saturated rings. The molecule has 0 radical (unpaired) electrons. The number of nitrogens with one attached hydrogen (secondary N) is 1. The molecule has 0 saturated carbocycles. The summed E-state index contributed by atoms with van der Waals surface area (Å²) in [5.74, 6) is 0.0155. The zero-order valence-corrected chi connectivity index (χ0v) is 15.7. The van der Waals surface area contributed by atoms with E-state index in [-0.39, 0.29) is 23.5 Å². The monoisotopic (exact) mass is 381 g/mol. The number of rotatable bonds is 4. The van der Waals surface area contributed by atoms with Gasteiger partial charge >= 0.3 is 0 Å². The lowest BCUT2D eigenvalue weighted by Crippen LogP contribution is -2.24. The van der Waals surface area contributed by atoms with Gasteiger partial charge in [-0.2, -0.15) is 5.10 Å². The van der Waals surface area contributed by atoms with E-state index in [4.69, 9.17) is 11.6 Å². The van der Waals surface area contributed by atoms with Crippen molar-refractivity contribution >= 4 is 27.3 Å². The molecule has 3 rings (SSSR count). The van der Waals surface area contributed by atoms with E-state index < -0.39 is 9.84 Å². The van der Waals surface area contributed by atoms with E-state index in [1.54, 1.807) is 24.6 Å². The van der Waals surface area contributed by atoms with Crippen LogP contribution in [0.3, 0.4) is 0 Å². The molecule has 1 amide bonds. The quantitative estimate of drug-likeness (QED) is 0.881. The highest BCUT2D eigenvalue weighted by atomic mass is 35.5. The van der Waals surface area contributed by atoms with Gasteiger partial charge < -0.3 is 5.32 Å². The first-order valence-electron chi connectivity index (χ1n) is 8.06.